The van der Waals surface area contributed by atoms with Crippen molar-refractivity contribution in [2.45, 2.75) is 40.7 Å². The minimum Gasteiger partial charge on any atom is -0.480 e. The number of aliphatic carboxylic acids is 1. The van der Waals surface area contributed by atoms with Crippen LogP contribution in [0.25, 0.3) is 0 Å². The first-order valence-electron chi connectivity index (χ1n) is 5.30. The van der Waals surface area contributed by atoms with E-state index in [1.807, 2.05) is 13.8 Å². The molecule has 0 bridgehead atoms. The monoisotopic (exact) mass is 215 g/mol. The van der Waals surface area contributed by atoms with Gasteiger partial charge in [0.15, 0.2) is 0 Å². The van der Waals surface area contributed by atoms with Crippen molar-refractivity contribution in [3.8, 4) is 0 Å². The summed E-state index contributed by atoms with van der Waals surface area (Å²) in [5, 5.41) is 11.5. The van der Waals surface area contributed by atoms with Crippen LogP contribution >= 0.6 is 0 Å². The van der Waals surface area contributed by atoms with Gasteiger partial charge in [0.25, 0.3) is 0 Å². The Balaban J connectivity index is 4.43. The van der Waals surface area contributed by atoms with Gasteiger partial charge in [-0.1, -0.05) is 34.6 Å². The lowest BCUT2D eigenvalue weighted by Crippen LogP contribution is -2.46. The number of carboxylic acid groups (broad SMARTS) is 1. The first kappa shape index (κ1) is 13.9. The van der Waals surface area contributed by atoms with Crippen molar-refractivity contribution in [1.82, 2.24) is 5.32 Å². The van der Waals surface area contributed by atoms with Crippen LogP contribution in [0.15, 0.2) is 0 Å². The average molecular weight is 215 g/mol. The Labute approximate surface area is 91.1 Å². The molecule has 0 saturated heterocycles. The number of nitrogens with one attached hydrogen (secondary N) is 1. The van der Waals surface area contributed by atoms with Gasteiger partial charge in [-0.15, -0.1) is 0 Å². The van der Waals surface area contributed by atoms with Gasteiger partial charge in [-0.2, -0.15) is 0 Å². The Morgan fingerprint density at radius 2 is 1.47 bits per heavy atom. The third kappa shape index (κ3) is 4.32. The van der Waals surface area contributed by atoms with Gasteiger partial charge in [-0.25, -0.2) is 4.79 Å². The summed E-state index contributed by atoms with van der Waals surface area (Å²) >= 11 is 0. The van der Waals surface area contributed by atoms with E-state index in [1.165, 1.54) is 0 Å². The highest BCUT2D eigenvalue weighted by Gasteiger charge is 2.26. The van der Waals surface area contributed by atoms with Crippen LogP contribution < -0.4 is 5.32 Å². The summed E-state index contributed by atoms with van der Waals surface area (Å²) in [7, 11) is 0. The summed E-state index contributed by atoms with van der Waals surface area (Å²) in [4.78, 5) is 22.5. The number of amides is 1. The van der Waals surface area contributed by atoms with Crippen molar-refractivity contribution < 1.29 is 14.7 Å². The maximum Gasteiger partial charge on any atom is 0.326 e. The molecular formula is C11H21NO3. The highest BCUT2D eigenvalue weighted by Crippen LogP contribution is 2.11. The molecule has 0 rings (SSSR count). The zero-order valence-electron chi connectivity index (χ0n) is 10.1. The van der Waals surface area contributed by atoms with E-state index in [4.69, 9.17) is 5.11 Å². The molecule has 4 nitrogen and oxygen atoms in total. The van der Waals surface area contributed by atoms with Crippen molar-refractivity contribution in [2.75, 3.05) is 0 Å². The second-order valence-electron chi connectivity index (χ2n) is 4.60. The fraction of sp³-hybridized carbons (Fsp3) is 0.818. The largest absolute Gasteiger partial charge is 0.480 e. The summed E-state index contributed by atoms with van der Waals surface area (Å²) in [6.45, 7) is 9.24. The second-order valence-corrected chi connectivity index (χ2v) is 4.60. The van der Waals surface area contributed by atoms with Gasteiger partial charge in [-0.05, 0) is 11.8 Å². The van der Waals surface area contributed by atoms with Crippen LogP contribution in [0.1, 0.15) is 34.6 Å². The lowest BCUT2D eigenvalue weighted by Gasteiger charge is -2.22. The summed E-state index contributed by atoms with van der Waals surface area (Å²) in [6.07, 6.45) is 0. The topological polar surface area (TPSA) is 66.4 Å². The van der Waals surface area contributed by atoms with Crippen LogP contribution in [0.2, 0.25) is 0 Å². The highest BCUT2D eigenvalue weighted by atomic mass is 16.4. The van der Waals surface area contributed by atoms with E-state index in [-0.39, 0.29) is 23.7 Å². The Hall–Kier alpha value is -1.06. The molecule has 4 heteroatoms. The van der Waals surface area contributed by atoms with Crippen LogP contribution in [0.5, 0.6) is 0 Å². The van der Waals surface area contributed by atoms with Gasteiger partial charge in [0.05, 0.1) is 0 Å². The average Bonchev–Trinajstić information content (AvgIpc) is 2.11. The third-order valence-corrected chi connectivity index (χ3v) is 2.64. The van der Waals surface area contributed by atoms with Gasteiger partial charge in [0, 0.05) is 5.92 Å². The Bertz CT molecular complexity index is 236. The molecule has 0 aliphatic rings. The lowest BCUT2D eigenvalue weighted by molar-refractivity contribution is -0.143. The standard InChI is InChI=1S/C11H21NO3/c1-6(2)8(5)10(13)12-9(7(3)4)11(14)15/h6-9H,1-5H3,(H,12,13)(H,14,15)/t8?,9-/m1/s1. The van der Waals surface area contributed by atoms with Gasteiger partial charge in [0.1, 0.15) is 6.04 Å². The molecule has 15 heavy (non-hydrogen) atoms. The van der Waals surface area contributed by atoms with Crippen LogP contribution in [0.3, 0.4) is 0 Å². The van der Waals surface area contributed by atoms with Crippen LogP contribution in [-0.2, 0) is 9.59 Å². The Kier molecular flexibility index (Phi) is 5.33. The molecule has 0 aromatic rings. The Morgan fingerprint density at radius 3 is 1.73 bits per heavy atom. The van der Waals surface area contributed by atoms with Crippen molar-refractivity contribution in [3.63, 3.8) is 0 Å². The van der Waals surface area contributed by atoms with Crippen molar-refractivity contribution >= 4 is 11.9 Å². The predicted molar refractivity (Wildman–Crippen MR) is 58.4 cm³/mol. The normalized spacial score (nSPS) is 15.1. The molecule has 0 aliphatic carbocycles. The smallest absolute Gasteiger partial charge is 0.326 e. The number of carboxylic acids is 1. The van der Waals surface area contributed by atoms with E-state index in [0.717, 1.165) is 0 Å². The Morgan fingerprint density at radius 1 is 1.00 bits per heavy atom. The van der Waals surface area contributed by atoms with E-state index in [2.05, 4.69) is 5.32 Å². The molecule has 0 saturated carbocycles. The van der Waals surface area contributed by atoms with E-state index in [0.29, 0.717) is 0 Å². The van der Waals surface area contributed by atoms with E-state index in [9.17, 15) is 9.59 Å². The zero-order valence-corrected chi connectivity index (χ0v) is 10.1. The third-order valence-electron chi connectivity index (χ3n) is 2.64. The van der Waals surface area contributed by atoms with Crippen LogP contribution in [-0.4, -0.2) is 23.0 Å². The number of hydrogen-bond acceptors (Lipinski definition) is 2. The van der Waals surface area contributed by atoms with E-state index >= 15 is 0 Å². The summed E-state index contributed by atoms with van der Waals surface area (Å²) in [5.74, 6) is -1.22. The molecule has 1 unspecified atom stereocenters. The van der Waals surface area contributed by atoms with Crippen molar-refractivity contribution in [3.05, 3.63) is 0 Å². The van der Waals surface area contributed by atoms with Gasteiger partial charge < -0.3 is 10.4 Å². The van der Waals surface area contributed by atoms with Gasteiger partial charge in [-0.3, -0.25) is 4.79 Å². The maximum absolute atomic E-state index is 11.6. The first-order valence-corrected chi connectivity index (χ1v) is 5.30. The molecule has 2 atom stereocenters. The molecule has 0 aliphatic heterocycles. The zero-order chi connectivity index (χ0) is 12.2. The van der Waals surface area contributed by atoms with Crippen molar-refractivity contribution in [1.29, 1.82) is 0 Å². The lowest BCUT2D eigenvalue weighted by atomic mass is 9.96. The van der Waals surface area contributed by atoms with Crippen molar-refractivity contribution in [2.24, 2.45) is 17.8 Å². The number of rotatable bonds is 5. The molecule has 0 spiro atoms. The van der Waals surface area contributed by atoms with E-state index in [1.54, 1.807) is 20.8 Å². The summed E-state index contributed by atoms with van der Waals surface area (Å²) in [6, 6.07) is -0.793. The van der Waals surface area contributed by atoms with Crippen LogP contribution in [0.4, 0.5) is 0 Å². The van der Waals surface area contributed by atoms with Crippen LogP contribution in [0, 0.1) is 17.8 Å². The maximum atomic E-state index is 11.6. The summed E-state index contributed by atoms with van der Waals surface area (Å²) in [5.41, 5.74) is 0. The number of carbonyl (C=O) groups is 2. The minimum atomic E-state index is -0.977. The van der Waals surface area contributed by atoms with Gasteiger partial charge in [0.2, 0.25) is 5.91 Å². The molecule has 0 fully saturated rings. The molecule has 2 N–H and O–H groups in total. The molecule has 1 amide bonds. The van der Waals surface area contributed by atoms with E-state index < -0.39 is 12.0 Å². The quantitative estimate of drug-likeness (QED) is 0.730. The first-order chi connectivity index (χ1) is 6.77. The fourth-order valence-corrected chi connectivity index (χ4v) is 1.10. The van der Waals surface area contributed by atoms with Gasteiger partial charge >= 0.3 is 5.97 Å². The second kappa shape index (κ2) is 5.73. The molecular weight excluding hydrogens is 194 g/mol. The SMILES string of the molecule is CC(C)C(C)C(=O)N[C@@H](C(=O)O)C(C)C. The molecule has 0 aromatic heterocycles. The number of carbonyl (C=O) groups excluding carboxylic acids is 1. The fourth-order valence-electron chi connectivity index (χ4n) is 1.10. The summed E-state index contributed by atoms with van der Waals surface area (Å²) < 4.78 is 0. The predicted octanol–water partition coefficient (Wildman–Crippen LogP) is 1.50. The minimum absolute atomic E-state index is 0.106. The highest BCUT2D eigenvalue weighted by molar-refractivity contribution is 5.85. The molecule has 0 radical (unpaired) electrons. The number of hydrogen-bond donors (Lipinski definition) is 2. The molecule has 88 valence electrons. The molecule has 0 heterocycles. The molecule has 0 aromatic carbocycles.